The molecule has 7 heteroatoms. The molecule has 104 valence electrons. The summed E-state index contributed by atoms with van der Waals surface area (Å²) in [7, 11) is 1.51. The van der Waals surface area contributed by atoms with Gasteiger partial charge in [0.2, 0.25) is 5.91 Å². The molecule has 0 aliphatic heterocycles. The minimum atomic E-state index is -1.29. The van der Waals surface area contributed by atoms with E-state index in [1.165, 1.54) is 25.8 Å². The van der Waals surface area contributed by atoms with Crippen molar-refractivity contribution < 1.29 is 19.5 Å². The molecule has 0 rings (SSSR count). The summed E-state index contributed by atoms with van der Waals surface area (Å²) in [5, 5.41) is 14.0. The second-order valence-electron chi connectivity index (χ2n) is 4.26. The summed E-state index contributed by atoms with van der Waals surface area (Å²) >= 11 is 0. The van der Waals surface area contributed by atoms with E-state index < -0.39 is 17.5 Å². The molecule has 0 spiro atoms. The van der Waals surface area contributed by atoms with E-state index >= 15 is 0 Å². The van der Waals surface area contributed by atoms with Crippen molar-refractivity contribution in [3.05, 3.63) is 0 Å². The van der Waals surface area contributed by atoms with Crippen LogP contribution in [0.4, 0.5) is 4.79 Å². The molecule has 0 unspecified atom stereocenters. The van der Waals surface area contributed by atoms with Gasteiger partial charge < -0.3 is 20.6 Å². The van der Waals surface area contributed by atoms with E-state index in [0.717, 1.165) is 0 Å². The van der Waals surface area contributed by atoms with Crippen molar-refractivity contribution in [2.75, 3.05) is 20.1 Å². The fourth-order valence-corrected chi connectivity index (χ4v) is 1.41. The molecule has 0 fully saturated rings. The molecule has 0 heterocycles. The van der Waals surface area contributed by atoms with Crippen molar-refractivity contribution in [3.63, 3.8) is 0 Å². The lowest BCUT2D eigenvalue weighted by Gasteiger charge is -2.34. The molecule has 0 aromatic carbocycles. The maximum atomic E-state index is 11.8. The maximum Gasteiger partial charge on any atom is 0.329 e. The summed E-state index contributed by atoms with van der Waals surface area (Å²) < 4.78 is 0. The summed E-state index contributed by atoms with van der Waals surface area (Å²) in [5.41, 5.74) is -1.29. The Kier molecular flexibility index (Phi) is 6.15. The zero-order valence-corrected chi connectivity index (χ0v) is 11.2. The molecule has 0 saturated carbocycles. The summed E-state index contributed by atoms with van der Waals surface area (Å²) in [6.07, 6.45) is 0.160. The number of aliphatic carboxylic acids is 1. The minimum Gasteiger partial charge on any atom is -0.480 e. The Balaban J connectivity index is 4.46. The number of carboxylic acid groups (broad SMARTS) is 1. The smallest absolute Gasteiger partial charge is 0.329 e. The molecule has 3 amide bonds. The van der Waals surface area contributed by atoms with E-state index in [2.05, 4.69) is 10.6 Å². The normalized spacial score (nSPS) is 10.7. The van der Waals surface area contributed by atoms with Crippen molar-refractivity contribution in [1.29, 1.82) is 0 Å². The van der Waals surface area contributed by atoms with E-state index in [4.69, 9.17) is 5.11 Å². The molecule has 0 atom stereocenters. The van der Waals surface area contributed by atoms with Crippen molar-refractivity contribution >= 4 is 17.9 Å². The molecule has 3 N–H and O–H groups in total. The second kappa shape index (κ2) is 6.83. The van der Waals surface area contributed by atoms with Gasteiger partial charge in [0.25, 0.3) is 0 Å². The average Bonchev–Trinajstić information content (AvgIpc) is 2.29. The molecular weight excluding hydrogens is 238 g/mol. The summed E-state index contributed by atoms with van der Waals surface area (Å²) in [6.45, 7) is 5.05. The lowest BCUT2D eigenvalue weighted by molar-refractivity contribution is -0.147. The highest BCUT2D eigenvalue weighted by molar-refractivity contribution is 5.85. The van der Waals surface area contributed by atoms with Gasteiger partial charge in [-0.1, -0.05) is 0 Å². The molecule has 7 nitrogen and oxygen atoms in total. The first-order valence-corrected chi connectivity index (χ1v) is 5.76. The molecule has 0 saturated heterocycles. The van der Waals surface area contributed by atoms with Crippen LogP contribution in [0.3, 0.4) is 0 Å². The minimum absolute atomic E-state index is 0.160. The zero-order valence-electron chi connectivity index (χ0n) is 11.2. The fourth-order valence-electron chi connectivity index (χ4n) is 1.41. The summed E-state index contributed by atoms with van der Waals surface area (Å²) in [5.74, 6) is -1.26. The number of likely N-dealkylation sites (N-methyl/N-ethyl adjacent to an activating group) is 1. The molecule has 0 aliphatic rings. The number of carbonyl (C=O) groups is 3. The highest BCUT2D eigenvalue weighted by atomic mass is 16.4. The Morgan fingerprint density at radius 3 is 2.22 bits per heavy atom. The van der Waals surface area contributed by atoms with Gasteiger partial charge in [0.05, 0.1) is 0 Å². The van der Waals surface area contributed by atoms with E-state index in [9.17, 15) is 14.4 Å². The van der Waals surface area contributed by atoms with Crippen LogP contribution < -0.4 is 10.6 Å². The molecular formula is C11H21N3O4. The molecule has 0 aromatic heterocycles. The molecule has 0 radical (unpaired) electrons. The fraction of sp³-hybridized carbons (Fsp3) is 0.727. The molecule has 0 aliphatic carbocycles. The number of hydrogen-bond donors (Lipinski definition) is 3. The highest BCUT2D eigenvalue weighted by Crippen LogP contribution is 2.14. The van der Waals surface area contributed by atoms with E-state index in [1.54, 1.807) is 6.92 Å². The first-order chi connectivity index (χ1) is 8.27. The Bertz CT molecular complexity index is 328. The molecule has 18 heavy (non-hydrogen) atoms. The van der Waals surface area contributed by atoms with Crippen LogP contribution in [0.2, 0.25) is 0 Å². The van der Waals surface area contributed by atoms with Gasteiger partial charge in [-0.25, -0.2) is 9.59 Å². The Labute approximate surface area is 107 Å². The monoisotopic (exact) mass is 259 g/mol. The lowest BCUT2D eigenvalue weighted by Crippen LogP contribution is -2.56. The van der Waals surface area contributed by atoms with Gasteiger partial charge in [-0.05, 0) is 20.8 Å². The van der Waals surface area contributed by atoms with Crippen molar-refractivity contribution in [2.45, 2.75) is 32.7 Å². The Morgan fingerprint density at radius 1 is 1.28 bits per heavy atom. The first-order valence-electron chi connectivity index (χ1n) is 5.76. The van der Waals surface area contributed by atoms with Crippen LogP contribution in [0.1, 0.15) is 27.2 Å². The van der Waals surface area contributed by atoms with E-state index in [-0.39, 0.29) is 25.4 Å². The molecule has 0 aromatic rings. The van der Waals surface area contributed by atoms with Crippen LogP contribution in [0.15, 0.2) is 0 Å². The maximum absolute atomic E-state index is 11.8. The van der Waals surface area contributed by atoms with Crippen molar-refractivity contribution in [2.24, 2.45) is 0 Å². The van der Waals surface area contributed by atoms with Gasteiger partial charge in [-0.15, -0.1) is 0 Å². The van der Waals surface area contributed by atoms with Gasteiger partial charge >= 0.3 is 12.0 Å². The first kappa shape index (κ1) is 16.2. The number of carbonyl (C=O) groups excluding carboxylic acids is 2. The summed E-state index contributed by atoms with van der Waals surface area (Å²) in [6, 6.07) is -0.492. The Morgan fingerprint density at radius 2 is 1.83 bits per heavy atom. The zero-order chi connectivity index (χ0) is 14.3. The van der Waals surface area contributed by atoms with Gasteiger partial charge in [0.15, 0.2) is 0 Å². The van der Waals surface area contributed by atoms with E-state index in [1.807, 2.05) is 0 Å². The molecule has 0 bridgehead atoms. The third-order valence-corrected chi connectivity index (χ3v) is 2.67. The quantitative estimate of drug-likeness (QED) is 0.626. The summed E-state index contributed by atoms with van der Waals surface area (Å²) in [4.78, 5) is 35.1. The van der Waals surface area contributed by atoms with Crippen LogP contribution in [0, 0.1) is 0 Å². The van der Waals surface area contributed by atoms with E-state index in [0.29, 0.717) is 0 Å². The number of amides is 3. The topological polar surface area (TPSA) is 98.7 Å². The van der Waals surface area contributed by atoms with Crippen LogP contribution >= 0.6 is 0 Å². The van der Waals surface area contributed by atoms with Crippen LogP contribution in [0.5, 0.6) is 0 Å². The van der Waals surface area contributed by atoms with Crippen LogP contribution in [0.25, 0.3) is 0 Å². The number of carboxylic acids is 1. The second-order valence-corrected chi connectivity index (χ2v) is 4.26. The Hall–Kier alpha value is -1.79. The van der Waals surface area contributed by atoms with Crippen molar-refractivity contribution in [3.8, 4) is 0 Å². The predicted octanol–water partition coefficient (Wildman–Crippen LogP) is 0.0172. The van der Waals surface area contributed by atoms with Gasteiger partial charge in [-0.2, -0.15) is 0 Å². The number of nitrogens with zero attached hydrogens (tertiary/aromatic N) is 1. The number of hydrogen-bond acceptors (Lipinski definition) is 3. The van der Waals surface area contributed by atoms with Crippen LogP contribution in [-0.2, 0) is 9.59 Å². The van der Waals surface area contributed by atoms with Crippen LogP contribution in [-0.4, -0.2) is 53.6 Å². The predicted molar refractivity (Wildman–Crippen MR) is 66.2 cm³/mol. The SMILES string of the molecule is CCN(C(=O)NCCC(=O)NC)C(C)(C)C(=O)O. The largest absolute Gasteiger partial charge is 0.480 e. The highest BCUT2D eigenvalue weighted by Gasteiger charge is 2.36. The number of urea groups is 1. The standard InChI is InChI=1S/C11H21N3O4/c1-5-14(11(2,3)9(16)17)10(18)13-7-6-8(15)12-4/h5-7H2,1-4H3,(H,12,15)(H,13,18)(H,16,17). The average molecular weight is 259 g/mol. The third-order valence-electron chi connectivity index (χ3n) is 2.67. The van der Waals surface area contributed by atoms with Gasteiger partial charge in [-0.3, -0.25) is 4.79 Å². The lowest BCUT2D eigenvalue weighted by atomic mass is 10.0. The number of nitrogens with one attached hydrogen (secondary N) is 2. The van der Waals surface area contributed by atoms with Crippen molar-refractivity contribution in [1.82, 2.24) is 15.5 Å². The number of rotatable bonds is 6. The third kappa shape index (κ3) is 4.23. The van der Waals surface area contributed by atoms with Gasteiger partial charge in [0.1, 0.15) is 5.54 Å². The van der Waals surface area contributed by atoms with Gasteiger partial charge in [0, 0.05) is 26.6 Å².